The fraction of sp³-hybridized carbons (Fsp3) is 0.538. The molecule has 2 bridgehead atoms. The molecule has 100 valence electrons. The Morgan fingerprint density at radius 1 is 1.32 bits per heavy atom. The normalized spacial score (nSPS) is 27.2. The lowest BCUT2D eigenvalue weighted by Crippen LogP contribution is -2.42. The van der Waals surface area contributed by atoms with E-state index in [0.717, 1.165) is 35.7 Å². The number of nitrogens with zero attached hydrogens (tertiary/aromatic N) is 3. The lowest BCUT2D eigenvalue weighted by Gasteiger charge is -2.31. The zero-order valence-corrected chi connectivity index (χ0v) is 12.0. The van der Waals surface area contributed by atoms with E-state index in [-0.39, 0.29) is 0 Å². The number of aromatic nitrogens is 2. The van der Waals surface area contributed by atoms with E-state index in [9.17, 15) is 0 Å². The molecule has 0 spiro atoms. The molecule has 0 N–H and O–H groups in total. The minimum Gasteiger partial charge on any atom is -0.372 e. The topological polar surface area (TPSA) is 38.2 Å². The van der Waals surface area contributed by atoms with E-state index in [1.54, 1.807) is 11.3 Å². The minimum absolute atomic E-state index is 0.402. The Bertz CT molecular complexity index is 605. The van der Waals surface area contributed by atoms with Gasteiger partial charge in [-0.25, -0.2) is 9.97 Å². The van der Waals surface area contributed by atoms with Crippen molar-refractivity contribution in [1.29, 1.82) is 0 Å². The van der Waals surface area contributed by atoms with Crippen molar-refractivity contribution in [3.63, 3.8) is 0 Å². The number of halogens is 1. The van der Waals surface area contributed by atoms with E-state index >= 15 is 0 Å². The summed E-state index contributed by atoms with van der Waals surface area (Å²) in [4.78, 5) is 12.4. The van der Waals surface area contributed by atoms with Gasteiger partial charge in [-0.3, -0.25) is 4.90 Å². The van der Waals surface area contributed by atoms with Crippen LogP contribution in [0.15, 0.2) is 11.4 Å². The highest BCUT2D eigenvalue weighted by Gasteiger charge is 2.33. The van der Waals surface area contributed by atoms with Gasteiger partial charge in [0.1, 0.15) is 15.8 Å². The number of ether oxygens (including phenoxy) is 1. The van der Waals surface area contributed by atoms with Crippen LogP contribution in [0.25, 0.3) is 10.2 Å². The first-order chi connectivity index (χ1) is 9.28. The van der Waals surface area contributed by atoms with Crippen molar-refractivity contribution in [3.8, 4) is 0 Å². The van der Waals surface area contributed by atoms with Crippen molar-refractivity contribution in [2.45, 2.75) is 31.6 Å². The predicted molar refractivity (Wildman–Crippen MR) is 75.6 cm³/mol. The van der Waals surface area contributed by atoms with Gasteiger partial charge < -0.3 is 4.74 Å². The molecule has 2 aliphatic rings. The molecule has 2 unspecified atom stereocenters. The Morgan fingerprint density at radius 3 is 2.89 bits per heavy atom. The molecule has 4 heterocycles. The highest BCUT2D eigenvalue weighted by molar-refractivity contribution is 7.16. The summed E-state index contributed by atoms with van der Waals surface area (Å²) < 4.78 is 5.84. The van der Waals surface area contributed by atoms with Gasteiger partial charge in [-0.05, 0) is 24.3 Å². The smallest absolute Gasteiger partial charge is 0.145 e. The maximum atomic E-state index is 6.20. The molecule has 19 heavy (non-hydrogen) atoms. The quantitative estimate of drug-likeness (QED) is 0.799. The second-order valence-corrected chi connectivity index (χ2v) is 6.47. The lowest BCUT2D eigenvalue weighted by molar-refractivity contribution is -0.0417. The zero-order valence-electron chi connectivity index (χ0n) is 10.4. The molecule has 0 amide bonds. The van der Waals surface area contributed by atoms with Gasteiger partial charge in [0.15, 0.2) is 0 Å². The van der Waals surface area contributed by atoms with E-state index in [0.29, 0.717) is 17.4 Å². The molecule has 2 aromatic rings. The molecule has 6 heteroatoms. The lowest BCUT2D eigenvalue weighted by atomic mass is 10.2. The fourth-order valence-electron chi connectivity index (χ4n) is 2.96. The van der Waals surface area contributed by atoms with Crippen LogP contribution in [0, 0.1) is 0 Å². The van der Waals surface area contributed by atoms with E-state index in [1.165, 1.54) is 12.8 Å². The third-order valence-corrected chi connectivity index (χ3v) is 4.90. The Kier molecular flexibility index (Phi) is 2.95. The van der Waals surface area contributed by atoms with Gasteiger partial charge in [-0.15, -0.1) is 11.3 Å². The van der Waals surface area contributed by atoms with Crippen molar-refractivity contribution < 1.29 is 4.74 Å². The number of thiophene rings is 1. The highest BCUT2D eigenvalue weighted by Crippen LogP contribution is 2.28. The van der Waals surface area contributed by atoms with Crippen molar-refractivity contribution in [2.75, 3.05) is 13.1 Å². The van der Waals surface area contributed by atoms with Crippen molar-refractivity contribution in [1.82, 2.24) is 14.9 Å². The first-order valence-corrected chi connectivity index (χ1v) is 7.81. The molecule has 0 aliphatic carbocycles. The van der Waals surface area contributed by atoms with Crippen molar-refractivity contribution in [2.24, 2.45) is 0 Å². The number of likely N-dealkylation sites (tertiary alicyclic amines) is 1. The molecule has 2 aliphatic heterocycles. The first kappa shape index (κ1) is 12.0. The van der Waals surface area contributed by atoms with E-state index in [4.69, 9.17) is 16.3 Å². The third kappa shape index (κ3) is 2.25. The van der Waals surface area contributed by atoms with Crippen LogP contribution in [0.5, 0.6) is 0 Å². The van der Waals surface area contributed by atoms with Crippen molar-refractivity contribution >= 4 is 33.2 Å². The highest BCUT2D eigenvalue weighted by atomic mass is 35.5. The van der Waals surface area contributed by atoms with Crippen LogP contribution in [0.4, 0.5) is 0 Å². The summed E-state index contributed by atoms with van der Waals surface area (Å²) in [7, 11) is 0. The largest absolute Gasteiger partial charge is 0.372 e. The summed E-state index contributed by atoms with van der Waals surface area (Å²) >= 11 is 7.82. The Morgan fingerprint density at radius 2 is 2.11 bits per heavy atom. The summed E-state index contributed by atoms with van der Waals surface area (Å²) in [5.74, 6) is 0.821. The third-order valence-electron chi connectivity index (χ3n) is 3.81. The predicted octanol–water partition coefficient (Wildman–Crippen LogP) is 2.71. The van der Waals surface area contributed by atoms with E-state index < -0.39 is 0 Å². The van der Waals surface area contributed by atoms with Gasteiger partial charge in [-0.2, -0.15) is 0 Å². The first-order valence-electron chi connectivity index (χ1n) is 6.55. The maximum Gasteiger partial charge on any atom is 0.145 e. The summed E-state index contributed by atoms with van der Waals surface area (Å²) in [5.41, 5.74) is 0. The molecular weight excluding hydrogens is 282 g/mol. The second kappa shape index (κ2) is 4.66. The molecule has 4 rings (SSSR count). The van der Waals surface area contributed by atoms with Crippen LogP contribution in [0.1, 0.15) is 18.7 Å². The van der Waals surface area contributed by atoms with Crippen LogP contribution in [-0.4, -0.2) is 40.2 Å². The minimum atomic E-state index is 0.402. The van der Waals surface area contributed by atoms with Gasteiger partial charge in [0.2, 0.25) is 0 Å². The summed E-state index contributed by atoms with van der Waals surface area (Å²) in [6, 6.07) is 1.97. The molecule has 2 fully saturated rings. The summed E-state index contributed by atoms with van der Waals surface area (Å²) in [6.07, 6.45) is 3.18. The van der Waals surface area contributed by atoms with Crippen LogP contribution in [0.2, 0.25) is 5.15 Å². The molecule has 2 aromatic heterocycles. The molecule has 2 saturated heterocycles. The van der Waals surface area contributed by atoms with E-state index in [1.807, 2.05) is 11.4 Å². The molecule has 4 nitrogen and oxygen atoms in total. The van der Waals surface area contributed by atoms with Crippen LogP contribution in [0.3, 0.4) is 0 Å². The number of rotatable bonds is 2. The number of morpholine rings is 1. The number of hydrogen-bond donors (Lipinski definition) is 0. The van der Waals surface area contributed by atoms with Crippen LogP contribution >= 0.6 is 22.9 Å². The van der Waals surface area contributed by atoms with Crippen LogP contribution in [-0.2, 0) is 11.3 Å². The fourth-order valence-corrected chi connectivity index (χ4v) is 4.05. The standard InChI is InChI=1S/C13H14ClN3OS/c14-12-10-3-4-19-13(10)16-11(15-12)7-17-5-8-1-2-9(6-17)18-8/h3-4,8-9H,1-2,5-7H2. The van der Waals surface area contributed by atoms with E-state index in [2.05, 4.69) is 14.9 Å². The average Bonchev–Trinajstić information content (AvgIpc) is 2.96. The van der Waals surface area contributed by atoms with Gasteiger partial charge in [0.05, 0.1) is 18.8 Å². The summed E-state index contributed by atoms with van der Waals surface area (Å²) in [6.45, 7) is 2.74. The number of hydrogen-bond acceptors (Lipinski definition) is 5. The average molecular weight is 296 g/mol. The maximum absolute atomic E-state index is 6.20. The van der Waals surface area contributed by atoms with Gasteiger partial charge in [0.25, 0.3) is 0 Å². The zero-order chi connectivity index (χ0) is 12.8. The Labute approximate surface area is 120 Å². The van der Waals surface area contributed by atoms with Gasteiger partial charge in [0, 0.05) is 18.5 Å². The molecule has 0 radical (unpaired) electrons. The van der Waals surface area contributed by atoms with Crippen LogP contribution < -0.4 is 0 Å². The number of fused-ring (bicyclic) bond motifs is 3. The van der Waals surface area contributed by atoms with Crippen molar-refractivity contribution in [3.05, 3.63) is 22.4 Å². The van der Waals surface area contributed by atoms with Gasteiger partial charge in [-0.1, -0.05) is 11.6 Å². The molecule has 0 aromatic carbocycles. The summed E-state index contributed by atoms with van der Waals surface area (Å²) in [5, 5.41) is 3.53. The molecule has 0 saturated carbocycles. The molecular formula is C13H14ClN3OS. The Hall–Kier alpha value is -0.750. The SMILES string of the molecule is Clc1nc(CN2CC3CCC(C2)O3)nc2sccc12. The molecule has 2 atom stereocenters. The monoisotopic (exact) mass is 295 g/mol. The Balaban J connectivity index is 1.57. The second-order valence-electron chi connectivity index (χ2n) is 5.22. The van der Waals surface area contributed by atoms with Gasteiger partial charge >= 0.3 is 0 Å².